The Labute approximate surface area is 108 Å². The van der Waals surface area contributed by atoms with Crippen molar-refractivity contribution in [2.75, 3.05) is 19.8 Å². The Morgan fingerprint density at radius 2 is 2.22 bits per heavy atom. The van der Waals surface area contributed by atoms with E-state index in [2.05, 4.69) is 12.2 Å². The molecule has 1 heterocycles. The zero-order valence-electron chi connectivity index (χ0n) is 10.5. The van der Waals surface area contributed by atoms with Crippen LogP contribution in [0, 0.1) is 0 Å². The van der Waals surface area contributed by atoms with Crippen molar-refractivity contribution in [3.8, 4) is 0 Å². The summed E-state index contributed by atoms with van der Waals surface area (Å²) in [6.45, 7) is 1.33. The SMILES string of the molecule is O=C(OCCOC1C=CCCC1)N1C=CC=CC1. The maximum atomic E-state index is 11.6. The minimum atomic E-state index is -0.321. The van der Waals surface area contributed by atoms with Crippen molar-refractivity contribution < 1.29 is 14.3 Å². The van der Waals surface area contributed by atoms with E-state index in [-0.39, 0.29) is 12.2 Å². The van der Waals surface area contributed by atoms with Gasteiger partial charge in [-0.1, -0.05) is 24.3 Å². The van der Waals surface area contributed by atoms with Crippen molar-refractivity contribution in [3.63, 3.8) is 0 Å². The highest BCUT2D eigenvalue weighted by molar-refractivity contribution is 5.69. The highest BCUT2D eigenvalue weighted by Gasteiger charge is 2.12. The molecule has 4 nitrogen and oxygen atoms in total. The third-order valence-electron chi connectivity index (χ3n) is 2.90. The van der Waals surface area contributed by atoms with Crippen LogP contribution in [0.15, 0.2) is 36.6 Å². The number of carbonyl (C=O) groups is 1. The number of ether oxygens (including phenoxy) is 2. The molecule has 1 aliphatic heterocycles. The summed E-state index contributed by atoms with van der Waals surface area (Å²) in [5.74, 6) is 0. The normalized spacial score (nSPS) is 22.2. The number of carbonyl (C=O) groups excluding carboxylic acids is 1. The van der Waals surface area contributed by atoms with E-state index in [4.69, 9.17) is 9.47 Å². The standard InChI is InChI=1S/C14H19NO3/c16-14(15-9-5-2-6-10-15)18-12-11-17-13-7-3-1-4-8-13/h2-3,5-7,9,13H,1,4,8,10-12H2. The molecule has 0 saturated heterocycles. The molecule has 18 heavy (non-hydrogen) atoms. The highest BCUT2D eigenvalue weighted by Crippen LogP contribution is 2.13. The van der Waals surface area contributed by atoms with Gasteiger partial charge in [0, 0.05) is 12.7 Å². The molecule has 1 atom stereocenters. The summed E-state index contributed by atoms with van der Waals surface area (Å²) < 4.78 is 10.7. The second-order valence-corrected chi connectivity index (χ2v) is 4.30. The molecule has 98 valence electrons. The Bertz CT molecular complexity index is 360. The monoisotopic (exact) mass is 249 g/mol. The second kappa shape index (κ2) is 7.01. The lowest BCUT2D eigenvalue weighted by Gasteiger charge is -2.19. The minimum absolute atomic E-state index is 0.190. The van der Waals surface area contributed by atoms with Crippen LogP contribution in [0.3, 0.4) is 0 Å². The fourth-order valence-corrected chi connectivity index (χ4v) is 1.93. The van der Waals surface area contributed by atoms with Gasteiger partial charge in [-0.15, -0.1) is 0 Å². The number of hydrogen-bond acceptors (Lipinski definition) is 3. The fraction of sp³-hybridized carbons (Fsp3) is 0.500. The lowest BCUT2D eigenvalue weighted by molar-refractivity contribution is 0.0320. The van der Waals surface area contributed by atoms with Crippen molar-refractivity contribution in [1.29, 1.82) is 0 Å². The summed E-state index contributed by atoms with van der Waals surface area (Å²) >= 11 is 0. The van der Waals surface area contributed by atoms with Gasteiger partial charge in [-0.25, -0.2) is 4.79 Å². The largest absolute Gasteiger partial charge is 0.447 e. The van der Waals surface area contributed by atoms with Gasteiger partial charge in [-0.3, -0.25) is 4.90 Å². The van der Waals surface area contributed by atoms with Gasteiger partial charge < -0.3 is 9.47 Å². The van der Waals surface area contributed by atoms with Crippen LogP contribution in [-0.2, 0) is 9.47 Å². The quantitative estimate of drug-likeness (QED) is 0.568. The highest BCUT2D eigenvalue weighted by atomic mass is 16.6. The van der Waals surface area contributed by atoms with Crippen molar-refractivity contribution in [2.45, 2.75) is 25.4 Å². The molecule has 0 fully saturated rings. The van der Waals surface area contributed by atoms with Crippen molar-refractivity contribution in [3.05, 3.63) is 36.6 Å². The van der Waals surface area contributed by atoms with Crippen molar-refractivity contribution >= 4 is 6.09 Å². The first kappa shape index (κ1) is 12.9. The number of nitrogens with zero attached hydrogens (tertiary/aromatic N) is 1. The first-order valence-electron chi connectivity index (χ1n) is 6.41. The molecule has 1 amide bonds. The molecule has 1 aliphatic carbocycles. The Kier molecular flexibility index (Phi) is 5.02. The van der Waals surface area contributed by atoms with E-state index >= 15 is 0 Å². The van der Waals surface area contributed by atoms with E-state index < -0.39 is 0 Å². The van der Waals surface area contributed by atoms with E-state index in [1.54, 1.807) is 6.20 Å². The van der Waals surface area contributed by atoms with Crippen LogP contribution in [0.2, 0.25) is 0 Å². The molecular formula is C14H19NO3. The average Bonchev–Trinajstić information content (AvgIpc) is 2.45. The van der Waals surface area contributed by atoms with Crippen molar-refractivity contribution in [2.24, 2.45) is 0 Å². The zero-order chi connectivity index (χ0) is 12.6. The van der Waals surface area contributed by atoms with E-state index in [1.807, 2.05) is 18.2 Å². The maximum absolute atomic E-state index is 11.6. The molecule has 0 N–H and O–H groups in total. The first-order chi connectivity index (χ1) is 8.86. The first-order valence-corrected chi connectivity index (χ1v) is 6.41. The van der Waals surface area contributed by atoms with Gasteiger partial charge in [0.05, 0.1) is 12.7 Å². The van der Waals surface area contributed by atoms with Gasteiger partial charge in [0.2, 0.25) is 0 Å². The predicted molar refractivity (Wildman–Crippen MR) is 69.1 cm³/mol. The van der Waals surface area contributed by atoms with Crippen LogP contribution in [0.1, 0.15) is 19.3 Å². The molecule has 0 aromatic rings. The fourth-order valence-electron chi connectivity index (χ4n) is 1.93. The van der Waals surface area contributed by atoms with Gasteiger partial charge in [-0.05, 0) is 25.3 Å². The van der Waals surface area contributed by atoms with E-state index in [0.29, 0.717) is 19.8 Å². The van der Waals surface area contributed by atoms with Gasteiger partial charge in [0.25, 0.3) is 0 Å². The average molecular weight is 249 g/mol. The predicted octanol–water partition coefficient (Wildman–Crippen LogP) is 2.63. The molecule has 0 bridgehead atoms. The number of rotatable bonds is 4. The Hall–Kier alpha value is -1.55. The molecule has 2 aliphatic rings. The van der Waals surface area contributed by atoms with Gasteiger partial charge >= 0.3 is 6.09 Å². The summed E-state index contributed by atoms with van der Waals surface area (Å²) in [4.78, 5) is 13.1. The molecule has 0 aromatic heterocycles. The lowest BCUT2D eigenvalue weighted by atomic mass is 10.1. The van der Waals surface area contributed by atoms with Gasteiger partial charge in [-0.2, -0.15) is 0 Å². The summed E-state index contributed by atoms with van der Waals surface area (Å²) in [7, 11) is 0. The summed E-state index contributed by atoms with van der Waals surface area (Å²) in [6, 6.07) is 0. The van der Waals surface area contributed by atoms with Crippen LogP contribution in [-0.4, -0.2) is 36.9 Å². The topological polar surface area (TPSA) is 38.8 Å². The number of hydrogen-bond donors (Lipinski definition) is 0. The van der Waals surface area contributed by atoms with Crippen LogP contribution < -0.4 is 0 Å². The molecule has 4 heteroatoms. The van der Waals surface area contributed by atoms with Crippen LogP contribution >= 0.6 is 0 Å². The van der Waals surface area contributed by atoms with Gasteiger partial charge in [0.15, 0.2) is 0 Å². The Morgan fingerprint density at radius 3 is 2.94 bits per heavy atom. The summed E-state index contributed by atoms with van der Waals surface area (Å²) in [5.41, 5.74) is 0. The molecule has 0 aromatic carbocycles. The number of allylic oxidation sites excluding steroid dienone is 3. The zero-order valence-corrected chi connectivity index (χ0v) is 10.5. The van der Waals surface area contributed by atoms with Gasteiger partial charge in [0.1, 0.15) is 6.61 Å². The van der Waals surface area contributed by atoms with Crippen LogP contribution in [0.25, 0.3) is 0 Å². The second-order valence-electron chi connectivity index (χ2n) is 4.30. The van der Waals surface area contributed by atoms with Crippen LogP contribution in [0.4, 0.5) is 4.79 Å². The molecular weight excluding hydrogens is 230 g/mol. The van der Waals surface area contributed by atoms with E-state index in [0.717, 1.165) is 12.8 Å². The third kappa shape index (κ3) is 4.04. The smallest absolute Gasteiger partial charge is 0.414 e. The minimum Gasteiger partial charge on any atom is -0.447 e. The molecule has 0 radical (unpaired) electrons. The molecule has 0 saturated carbocycles. The van der Waals surface area contributed by atoms with E-state index in [1.165, 1.54) is 11.3 Å². The molecule has 0 spiro atoms. The Balaban J connectivity index is 1.58. The molecule has 1 unspecified atom stereocenters. The van der Waals surface area contributed by atoms with Crippen LogP contribution in [0.5, 0.6) is 0 Å². The third-order valence-corrected chi connectivity index (χ3v) is 2.90. The number of amides is 1. The Morgan fingerprint density at radius 1 is 1.28 bits per heavy atom. The molecule has 2 rings (SSSR count). The van der Waals surface area contributed by atoms with E-state index in [9.17, 15) is 4.79 Å². The lowest BCUT2D eigenvalue weighted by Crippen LogP contribution is -2.29. The van der Waals surface area contributed by atoms with Crippen molar-refractivity contribution in [1.82, 2.24) is 4.90 Å². The summed E-state index contributed by atoms with van der Waals surface area (Å²) in [6.07, 6.45) is 14.8. The summed E-state index contributed by atoms with van der Waals surface area (Å²) in [5, 5.41) is 0. The maximum Gasteiger partial charge on any atom is 0.414 e.